The molecule has 1 fully saturated rings. The van der Waals surface area contributed by atoms with Crippen molar-refractivity contribution in [2.75, 3.05) is 26.2 Å². The number of nitrogens with zero attached hydrogens (tertiary/aromatic N) is 4. The normalized spacial score (nSPS) is 15.4. The van der Waals surface area contributed by atoms with Crippen LogP contribution in [0.2, 0.25) is 0 Å². The molecule has 6 nitrogen and oxygen atoms in total. The van der Waals surface area contributed by atoms with Gasteiger partial charge in [0, 0.05) is 30.4 Å². The Morgan fingerprint density at radius 3 is 2.75 bits per heavy atom. The van der Waals surface area contributed by atoms with Crippen LogP contribution in [-0.4, -0.2) is 46.6 Å². The minimum Gasteiger partial charge on any atom is -0.357 e. The number of aromatic nitrogens is 2. The molecule has 3 heterocycles. The van der Waals surface area contributed by atoms with Gasteiger partial charge in [-0.3, -0.25) is 4.90 Å². The molecule has 4 rings (SSSR count). The van der Waals surface area contributed by atoms with E-state index in [1.165, 1.54) is 17.7 Å². The van der Waals surface area contributed by atoms with Crippen molar-refractivity contribution < 1.29 is 4.39 Å². The molecule has 0 saturated carbocycles. The topological polar surface area (TPSA) is 57.5 Å². The number of guanidine groups is 1. The van der Waals surface area contributed by atoms with Crippen molar-refractivity contribution >= 4 is 41.3 Å². The average Bonchev–Trinajstić information content (AvgIpc) is 3.56. The molecule has 2 aromatic heterocycles. The molecule has 32 heavy (non-hydrogen) atoms. The molecule has 1 aromatic carbocycles. The zero-order valence-corrected chi connectivity index (χ0v) is 21.4. The first-order chi connectivity index (χ1) is 15.2. The lowest BCUT2D eigenvalue weighted by Crippen LogP contribution is -2.42. The number of imidazole rings is 1. The van der Waals surface area contributed by atoms with Crippen LogP contribution in [0.15, 0.2) is 59.4 Å². The van der Waals surface area contributed by atoms with Crippen molar-refractivity contribution in [2.45, 2.75) is 32.4 Å². The predicted octanol–water partition coefficient (Wildman–Crippen LogP) is 4.58. The first-order valence-electron chi connectivity index (χ1n) is 10.8. The van der Waals surface area contributed by atoms with Crippen molar-refractivity contribution in [3.63, 3.8) is 0 Å². The van der Waals surface area contributed by atoms with E-state index in [9.17, 15) is 4.39 Å². The molecule has 2 N–H and O–H groups in total. The van der Waals surface area contributed by atoms with Crippen LogP contribution < -0.4 is 10.6 Å². The fourth-order valence-corrected chi connectivity index (χ4v) is 4.77. The highest BCUT2D eigenvalue weighted by molar-refractivity contribution is 14.0. The van der Waals surface area contributed by atoms with Gasteiger partial charge in [0.05, 0.1) is 24.6 Å². The predicted molar refractivity (Wildman–Crippen MR) is 140 cm³/mol. The summed E-state index contributed by atoms with van der Waals surface area (Å²) < 4.78 is 16.2. The number of benzene rings is 1. The lowest BCUT2D eigenvalue weighted by Gasteiger charge is -2.27. The Labute approximate surface area is 210 Å². The third kappa shape index (κ3) is 6.29. The summed E-state index contributed by atoms with van der Waals surface area (Å²) in [6.45, 7) is 6.30. The van der Waals surface area contributed by atoms with E-state index in [0.29, 0.717) is 18.3 Å². The Bertz CT molecular complexity index is 971. The molecule has 0 amide bonds. The van der Waals surface area contributed by atoms with E-state index in [4.69, 9.17) is 4.99 Å². The van der Waals surface area contributed by atoms with Crippen molar-refractivity contribution in [1.82, 2.24) is 25.1 Å². The quantitative estimate of drug-likeness (QED) is 0.237. The monoisotopic (exact) mass is 568 g/mol. The first kappa shape index (κ1) is 24.7. The summed E-state index contributed by atoms with van der Waals surface area (Å²) in [5.74, 6) is 0.470. The van der Waals surface area contributed by atoms with Crippen molar-refractivity contribution in [3.05, 3.63) is 70.7 Å². The molecule has 0 spiro atoms. The third-order valence-corrected chi connectivity index (χ3v) is 6.45. The summed E-state index contributed by atoms with van der Waals surface area (Å²) in [4.78, 5) is 12.6. The maximum Gasteiger partial charge on any atom is 0.191 e. The number of thiophene rings is 1. The lowest BCUT2D eigenvalue weighted by molar-refractivity contribution is 0.249. The molecule has 9 heteroatoms. The smallest absolute Gasteiger partial charge is 0.191 e. The van der Waals surface area contributed by atoms with Gasteiger partial charge in [-0.05, 0) is 62.0 Å². The van der Waals surface area contributed by atoms with Gasteiger partial charge in [-0.1, -0.05) is 12.1 Å². The van der Waals surface area contributed by atoms with Crippen molar-refractivity contribution in [2.24, 2.45) is 4.99 Å². The van der Waals surface area contributed by atoms with E-state index in [1.54, 1.807) is 46.8 Å². The molecule has 0 bridgehead atoms. The largest absolute Gasteiger partial charge is 0.357 e. The summed E-state index contributed by atoms with van der Waals surface area (Å²) >= 11 is 1.80. The van der Waals surface area contributed by atoms with Crippen LogP contribution in [0.25, 0.3) is 5.69 Å². The van der Waals surface area contributed by atoms with Crippen molar-refractivity contribution in [3.8, 4) is 5.69 Å². The number of hydrogen-bond donors (Lipinski definition) is 2. The van der Waals surface area contributed by atoms with Crippen LogP contribution >= 0.6 is 35.3 Å². The summed E-state index contributed by atoms with van der Waals surface area (Å²) in [6, 6.07) is 9.89. The molecule has 0 radical (unpaired) electrons. The van der Waals surface area contributed by atoms with Gasteiger partial charge in [-0.2, -0.15) is 0 Å². The molecular formula is C23H30FIN6S. The van der Waals surface area contributed by atoms with Gasteiger partial charge < -0.3 is 15.2 Å². The van der Waals surface area contributed by atoms with Crippen LogP contribution in [0.3, 0.4) is 0 Å². The van der Waals surface area contributed by atoms with Gasteiger partial charge in [-0.15, -0.1) is 35.3 Å². The number of halogens is 2. The summed E-state index contributed by atoms with van der Waals surface area (Å²) in [5.41, 5.74) is 1.31. The van der Waals surface area contributed by atoms with E-state index >= 15 is 0 Å². The molecule has 1 unspecified atom stereocenters. The highest BCUT2D eigenvalue weighted by atomic mass is 127. The van der Waals surface area contributed by atoms with Gasteiger partial charge in [0.2, 0.25) is 0 Å². The van der Waals surface area contributed by atoms with Gasteiger partial charge in [-0.25, -0.2) is 14.4 Å². The molecule has 0 aliphatic carbocycles. The summed E-state index contributed by atoms with van der Waals surface area (Å²) in [6.07, 6.45) is 7.48. The fraction of sp³-hybridized carbons (Fsp3) is 0.391. The standard InChI is InChI=1S/C23H29FN6S.HI/c1-2-26-23(28-16-21(22-6-5-13-31-22)29-10-3-4-11-29)27-15-18-7-8-20(19(24)14-18)30-12-9-25-17-30;/h5-9,12-14,17,21H,2-4,10-11,15-16H2,1H3,(H2,26,27,28);1H. The molecule has 1 saturated heterocycles. The second-order valence-corrected chi connectivity index (χ2v) is 8.59. The van der Waals surface area contributed by atoms with Gasteiger partial charge in [0.15, 0.2) is 5.96 Å². The molecule has 3 aromatic rings. The van der Waals surface area contributed by atoms with Crippen LogP contribution in [0.4, 0.5) is 4.39 Å². The maximum atomic E-state index is 14.5. The second-order valence-electron chi connectivity index (χ2n) is 7.61. The van der Waals surface area contributed by atoms with Crippen LogP contribution in [0, 0.1) is 5.82 Å². The summed E-state index contributed by atoms with van der Waals surface area (Å²) in [7, 11) is 0. The molecule has 1 aliphatic rings. The molecular weight excluding hydrogens is 538 g/mol. The molecule has 1 aliphatic heterocycles. The van der Waals surface area contributed by atoms with E-state index in [0.717, 1.165) is 37.7 Å². The Morgan fingerprint density at radius 1 is 1.25 bits per heavy atom. The molecule has 1 atom stereocenters. The maximum absolute atomic E-state index is 14.5. The van der Waals surface area contributed by atoms with Crippen LogP contribution in [0.1, 0.15) is 36.2 Å². The van der Waals surface area contributed by atoms with E-state index in [2.05, 4.69) is 38.0 Å². The Morgan fingerprint density at radius 2 is 2.09 bits per heavy atom. The Hall–Kier alpha value is -1.98. The lowest BCUT2D eigenvalue weighted by atomic mass is 10.2. The van der Waals surface area contributed by atoms with Gasteiger partial charge in [0.1, 0.15) is 5.82 Å². The van der Waals surface area contributed by atoms with E-state index < -0.39 is 0 Å². The minimum atomic E-state index is -0.282. The minimum absolute atomic E-state index is 0. The molecule has 172 valence electrons. The van der Waals surface area contributed by atoms with Gasteiger partial charge >= 0.3 is 0 Å². The summed E-state index contributed by atoms with van der Waals surface area (Å²) in [5, 5.41) is 8.95. The zero-order chi connectivity index (χ0) is 21.5. The zero-order valence-electron chi connectivity index (χ0n) is 18.2. The number of rotatable bonds is 8. The number of hydrogen-bond acceptors (Lipinski definition) is 4. The van der Waals surface area contributed by atoms with Crippen molar-refractivity contribution in [1.29, 1.82) is 0 Å². The Balaban J connectivity index is 0.00000289. The van der Waals surface area contributed by atoms with Crippen LogP contribution in [0.5, 0.6) is 0 Å². The Kier molecular flexibility index (Phi) is 9.49. The fourth-order valence-electron chi connectivity index (χ4n) is 3.91. The van der Waals surface area contributed by atoms with Crippen LogP contribution in [-0.2, 0) is 6.54 Å². The first-order valence-corrected chi connectivity index (χ1v) is 11.7. The average molecular weight is 569 g/mol. The highest BCUT2D eigenvalue weighted by Crippen LogP contribution is 2.27. The second kappa shape index (κ2) is 12.3. The highest BCUT2D eigenvalue weighted by Gasteiger charge is 2.24. The van der Waals surface area contributed by atoms with E-state index in [-0.39, 0.29) is 29.8 Å². The number of nitrogens with one attached hydrogen (secondary N) is 2. The van der Waals surface area contributed by atoms with Gasteiger partial charge in [0.25, 0.3) is 0 Å². The third-order valence-electron chi connectivity index (χ3n) is 5.47. The number of likely N-dealkylation sites (tertiary alicyclic amines) is 1. The number of aliphatic imine (C=N–C) groups is 1. The van der Waals surface area contributed by atoms with E-state index in [1.807, 2.05) is 13.0 Å². The SMILES string of the molecule is CCNC(=NCc1ccc(-n2ccnc2)c(F)c1)NCC(c1cccs1)N1CCCC1.I.